The van der Waals surface area contributed by atoms with E-state index in [0.29, 0.717) is 11.5 Å². The number of benzene rings is 1. The van der Waals surface area contributed by atoms with Crippen LogP contribution in [0, 0.1) is 0 Å². The number of primary amides is 1. The van der Waals surface area contributed by atoms with Gasteiger partial charge in [0.15, 0.2) is 11.6 Å². The second-order valence-corrected chi connectivity index (χ2v) is 7.72. The number of rotatable bonds is 7. The monoisotopic (exact) mass is 407 g/mol. The molecule has 0 spiro atoms. The van der Waals surface area contributed by atoms with Crippen LogP contribution in [0.15, 0.2) is 53.7 Å². The van der Waals surface area contributed by atoms with Crippen molar-refractivity contribution in [3.8, 4) is 11.5 Å². The normalized spacial score (nSPS) is 21.9. The van der Waals surface area contributed by atoms with E-state index in [4.69, 9.17) is 15.2 Å². The maximum absolute atomic E-state index is 12.7. The number of aromatic nitrogens is 1. The lowest BCUT2D eigenvalue weighted by atomic mass is 9.92. The predicted octanol–water partition coefficient (Wildman–Crippen LogP) is 0.250. The second-order valence-electron chi connectivity index (χ2n) is 6.04. The zero-order chi connectivity index (χ0) is 20.4. The summed E-state index contributed by atoms with van der Waals surface area (Å²) >= 11 is 0. The first kappa shape index (κ1) is 19.7. The number of carboxylic acids is 1. The number of carbonyl (C=O) groups excluding carboxylic acids is 1. The lowest BCUT2D eigenvalue weighted by Gasteiger charge is -2.28. The molecule has 1 amide bonds. The van der Waals surface area contributed by atoms with Gasteiger partial charge in [-0.05, 0) is 36.4 Å². The van der Waals surface area contributed by atoms with E-state index >= 15 is 0 Å². The van der Waals surface area contributed by atoms with Gasteiger partial charge in [-0.25, -0.2) is 8.42 Å². The van der Waals surface area contributed by atoms with Crippen molar-refractivity contribution >= 4 is 21.9 Å². The maximum Gasteiger partial charge on any atom is 0.328 e. The van der Waals surface area contributed by atoms with Crippen LogP contribution in [0.25, 0.3) is 0 Å². The predicted molar refractivity (Wildman–Crippen MR) is 95.0 cm³/mol. The molecule has 11 heteroatoms. The SMILES string of the molecule is NC(=O)C1OCCC1(NS(=O)(=O)c1ccc(Oc2ccncc2)cc1)C(=O)O. The number of pyridine rings is 1. The van der Waals surface area contributed by atoms with Crippen LogP contribution in [-0.2, 0) is 24.3 Å². The van der Waals surface area contributed by atoms with Gasteiger partial charge in [-0.1, -0.05) is 0 Å². The highest BCUT2D eigenvalue weighted by atomic mass is 32.2. The first-order chi connectivity index (χ1) is 13.2. The number of nitrogens with zero attached hydrogens (tertiary/aromatic N) is 1. The molecule has 0 saturated carbocycles. The van der Waals surface area contributed by atoms with E-state index in [-0.39, 0.29) is 17.9 Å². The van der Waals surface area contributed by atoms with Gasteiger partial charge in [0.05, 0.1) is 11.5 Å². The third-order valence-electron chi connectivity index (χ3n) is 4.20. The van der Waals surface area contributed by atoms with Crippen LogP contribution in [0.2, 0.25) is 0 Å². The van der Waals surface area contributed by atoms with Crippen LogP contribution in [0.4, 0.5) is 0 Å². The fraction of sp³-hybridized carbons (Fsp3) is 0.235. The number of amides is 1. The molecule has 148 valence electrons. The Morgan fingerprint density at radius 3 is 2.36 bits per heavy atom. The maximum atomic E-state index is 12.7. The molecule has 1 fully saturated rings. The molecule has 1 aromatic heterocycles. The Kier molecular flexibility index (Phi) is 5.31. The Labute approximate surface area is 160 Å². The van der Waals surface area contributed by atoms with Crippen molar-refractivity contribution in [3.63, 3.8) is 0 Å². The Balaban J connectivity index is 1.84. The highest BCUT2D eigenvalue weighted by Crippen LogP contribution is 2.29. The number of carbonyl (C=O) groups is 2. The molecule has 0 bridgehead atoms. The van der Waals surface area contributed by atoms with Gasteiger partial charge in [0.2, 0.25) is 15.9 Å². The number of carboxylic acid groups (broad SMARTS) is 1. The number of nitrogens with one attached hydrogen (secondary N) is 1. The van der Waals surface area contributed by atoms with Crippen LogP contribution in [-0.4, -0.2) is 48.6 Å². The van der Waals surface area contributed by atoms with E-state index in [2.05, 4.69) is 9.71 Å². The molecular formula is C17H17N3O7S. The van der Waals surface area contributed by atoms with E-state index in [0.717, 1.165) is 0 Å². The van der Waals surface area contributed by atoms with Gasteiger partial charge in [0.1, 0.15) is 11.5 Å². The summed E-state index contributed by atoms with van der Waals surface area (Å²) in [5.74, 6) is -1.73. The fourth-order valence-electron chi connectivity index (χ4n) is 2.83. The zero-order valence-electron chi connectivity index (χ0n) is 14.4. The highest BCUT2D eigenvalue weighted by molar-refractivity contribution is 7.89. The molecule has 1 aliphatic heterocycles. The van der Waals surface area contributed by atoms with Gasteiger partial charge in [-0.15, -0.1) is 0 Å². The van der Waals surface area contributed by atoms with Crippen LogP contribution in [0.3, 0.4) is 0 Å². The molecule has 28 heavy (non-hydrogen) atoms. The summed E-state index contributed by atoms with van der Waals surface area (Å²) in [6, 6.07) is 8.60. The average Bonchev–Trinajstić information content (AvgIpc) is 3.08. The third kappa shape index (κ3) is 3.81. The molecule has 0 aliphatic carbocycles. The van der Waals surface area contributed by atoms with E-state index in [1.165, 1.54) is 24.3 Å². The number of sulfonamides is 1. The molecule has 4 N–H and O–H groups in total. The smallest absolute Gasteiger partial charge is 0.328 e. The van der Waals surface area contributed by atoms with Gasteiger partial charge >= 0.3 is 5.97 Å². The van der Waals surface area contributed by atoms with Crippen molar-refractivity contribution in [1.82, 2.24) is 9.71 Å². The number of nitrogens with two attached hydrogens (primary N) is 1. The molecule has 2 unspecified atom stereocenters. The van der Waals surface area contributed by atoms with Crippen molar-refractivity contribution in [3.05, 3.63) is 48.8 Å². The van der Waals surface area contributed by atoms with Crippen molar-refractivity contribution in [2.24, 2.45) is 5.73 Å². The Hall–Kier alpha value is -3.02. The Morgan fingerprint density at radius 2 is 1.79 bits per heavy atom. The van der Waals surface area contributed by atoms with Crippen LogP contribution in [0.1, 0.15) is 6.42 Å². The largest absolute Gasteiger partial charge is 0.480 e. The quantitative estimate of drug-likeness (QED) is 0.589. The summed E-state index contributed by atoms with van der Waals surface area (Å²) in [5.41, 5.74) is 3.01. The number of aliphatic carboxylic acids is 1. The molecule has 1 aliphatic rings. The molecule has 2 aromatic rings. The highest BCUT2D eigenvalue weighted by Gasteiger charge is 2.56. The molecule has 3 rings (SSSR count). The lowest BCUT2D eigenvalue weighted by molar-refractivity contribution is -0.150. The molecule has 2 heterocycles. The van der Waals surface area contributed by atoms with Gasteiger partial charge in [-0.2, -0.15) is 4.72 Å². The molecule has 1 aromatic carbocycles. The van der Waals surface area contributed by atoms with Crippen molar-refractivity contribution < 1.29 is 32.6 Å². The van der Waals surface area contributed by atoms with E-state index in [1.807, 2.05) is 0 Å². The van der Waals surface area contributed by atoms with Crippen LogP contribution < -0.4 is 15.2 Å². The first-order valence-corrected chi connectivity index (χ1v) is 9.59. The summed E-state index contributed by atoms with van der Waals surface area (Å²) in [7, 11) is -4.29. The van der Waals surface area contributed by atoms with Crippen LogP contribution in [0.5, 0.6) is 11.5 Å². The topological polar surface area (TPSA) is 158 Å². The third-order valence-corrected chi connectivity index (χ3v) is 5.73. The summed E-state index contributed by atoms with van der Waals surface area (Å²) in [5, 5.41) is 9.56. The standard InChI is InChI=1S/C17H17N3O7S/c18-15(21)14-17(16(22)23,7-10-26-14)20-28(24,25)13-3-1-11(2-4-13)27-12-5-8-19-9-6-12/h1-6,8-9,14,20H,7,10H2,(H2,18,21)(H,22,23). The van der Waals surface area contributed by atoms with E-state index in [1.54, 1.807) is 24.5 Å². The van der Waals surface area contributed by atoms with E-state index < -0.39 is 33.5 Å². The minimum Gasteiger partial charge on any atom is -0.480 e. The minimum atomic E-state index is -4.29. The minimum absolute atomic E-state index is 0.124. The summed E-state index contributed by atoms with van der Waals surface area (Å²) in [4.78, 5) is 27.0. The Bertz CT molecular complexity index is 980. The zero-order valence-corrected chi connectivity index (χ0v) is 15.3. The first-order valence-electron chi connectivity index (χ1n) is 8.11. The van der Waals surface area contributed by atoms with E-state index in [9.17, 15) is 23.1 Å². The molecule has 0 radical (unpaired) electrons. The average molecular weight is 407 g/mol. The summed E-state index contributed by atoms with van der Waals surface area (Å²) < 4.78 is 38.1. The van der Waals surface area contributed by atoms with Crippen LogP contribution >= 0.6 is 0 Å². The molecule has 1 saturated heterocycles. The van der Waals surface area contributed by atoms with Gasteiger partial charge in [0, 0.05) is 18.8 Å². The lowest BCUT2D eigenvalue weighted by Crippen LogP contribution is -2.62. The molecule has 2 atom stereocenters. The number of hydrogen-bond acceptors (Lipinski definition) is 7. The van der Waals surface area contributed by atoms with Crippen molar-refractivity contribution in [2.45, 2.75) is 23.0 Å². The molecule has 10 nitrogen and oxygen atoms in total. The number of hydrogen-bond donors (Lipinski definition) is 3. The van der Waals surface area contributed by atoms with Crippen molar-refractivity contribution in [2.75, 3.05) is 6.61 Å². The summed E-state index contributed by atoms with van der Waals surface area (Å²) in [6.07, 6.45) is 1.23. The Morgan fingerprint density at radius 1 is 1.18 bits per heavy atom. The van der Waals surface area contributed by atoms with Gasteiger partial charge in [0.25, 0.3) is 0 Å². The number of ether oxygens (including phenoxy) is 2. The summed E-state index contributed by atoms with van der Waals surface area (Å²) in [6.45, 7) is -0.124. The second kappa shape index (κ2) is 7.54. The fourth-order valence-corrected chi connectivity index (χ4v) is 4.22. The van der Waals surface area contributed by atoms with Gasteiger partial charge < -0.3 is 20.3 Å². The van der Waals surface area contributed by atoms with Gasteiger partial charge in [-0.3, -0.25) is 14.6 Å². The molecular weight excluding hydrogens is 390 g/mol. The van der Waals surface area contributed by atoms with Crippen molar-refractivity contribution in [1.29, 1.82) is 0 Å².